The highest BCUT2D eigenvalue weighted by Crippen LogP contribution is 2.34. The van der Waals surface area contributed by atoms with Crippen molar-refractivity contribution >= 4 is 0 Å². The molecule has 0 aromatic heterocycles. The molecule has 0 radical (unpaired) electrons. The van der Waals surface area contributed by atoms with Crippen LogP contribution >= 0.6 is 0 Å². The highest BCUT2D eigenvalue weighted by molar-refractivity contribution is 5.31. The summed E-state index contributed by atoms with van der Waals surface area (Å²) in [5.41, 5.74) is 2.86. The van der Waals surface area contributed by atoms with Crippen LogP contribution in [-0.2, 0) is 11.2 Å². The van der Waals surface area contributed by atoms with Gasteiger partial charge in [-0.2, -0.15) is 0 Å². The molecule has 2 heteroatoms. The summed E-state index contributed by atoms with van der Waals surface area (Å²) < 4.78 is 5.99. The lowest BCUT2D eigenvalue weighted by Crippen LogP contribution is -2.37. The first-order chi connectivity index (χ1) is 9.79. The first-order valence-electron chi connectivity index (χ1n) is 8.22. The maximum atomic E-state index is 5.99. The van der Waals surface area contributed by atoms with Gasteiger partial charge in [-0.15, -0.1) is 0 Å². The number of hydrogen-bond acceptors (Lipinski definition) is 2. The van der Waals surface area contributed by atoms with Crippen LogP contribution in [0, 0.1) is 11.8 Å². The van der Waals surface area contributed by atoms with Crippen molar-refractivity contribution in [2.24, 2.45) is 11.8 Å². The van der Waals surface area contributed by atoms with Gasteiger partial charge in [0.25, 0.3) is 0 Å². The largest absolute Gasteiger partial charge is 0.372 e. The molecule has 1 aromatic carbocycles. The molecular weight excluding hydrogens is 246 g/mol. The van der Waals surface area contributed by atoms with Gasteiger partial charge in [-0.05, 0) is 42.2 Å². The summed E-state index contributed by atoms with van der Waals surface area (Å²) in [4.78, 5) is 0. The van der Waals surface area contributed by atoms with Crippen molar-refractivity contribution in [1.82, 2.24) is 5.32 Å². The van der Waals surface area contributed by atoms with E-state index in [1.807, 2.05) is 0 Å². The second-order valence-corrected chi connectivity index (χ2v) is 6.43. The van der Waals surface area contributed by atoms with Crippen LogP contribution in [0.1, 0.15) is 50.3 Å². The maximum absolute atomic E-state index is 5.99. The molecule has 0 bridgehead atoms. The highest BCUT2D eigenvalue weighted by Gasteiger charge is 2.32. The van der Waals surface area contributed by atoms with Crippen LogP contribution in [0.2, 0.25) is 0 Å². The van der Waals surface area contributed by atoms with Gasteiger partial charge in [-0.1, -0.05) is 44.5 Å². The first kappa shape index (κ1) is 14.1. The van der Waals surface area contributed by atoms with Gasteiger partial charge >= 0.3 is 0 Å². The van der Waals surface area contributed by atoms with E-state index in [0.29, 0.717) is 6.04 Å². The van der Waals surface area contributed by atoms with Crippen LogP contribution in [0.4, 0.5) is 0 Å². The average molecular weight is 273 g/mol. The molecule has 3 rings (SSSR count). The summed E-state index contributed by atoms with van der Waals surface area (Å²) in [5.74, 6) is 1.71. The van der Waals surface area contributed by atoms with E-state index >= 15 is 0 Å². The molecule has 4 unspecified atom stereocenters. The van der Waals surface area contributed by atoms with Crippen LogP contribution in [0.5, 0.6) is 0 Å². The number of fused-ring (bicyclic) bond motifs is 1. The molecule has 20 heavy (non-hydrogen) atoms. The molecule has 0 spiro atoms. The predicted octanol–water partition coefficient (Wildman–Crippen LogP) is 3.71. The Bertz CT molecular complexity index is 445. The maximum Gasteiger partial charge on any atom is 0.0952 e. The van der Waals surface area contributed by atoms with Crippen LogP contribution < -0.4 is 5.32 Å². The van der Waals surface area contributed by atoms with E-state index in [1.165, 1.54) is 30.4 Å². The molecule has 1 aliphatic carbocycles. The molecule has 1 fully saturated rings. The molecule has 0 saturated heterocycles. The minimum atomic E-state index is 0.243. The van der Waals surface area contributed by atoms with E-state index in [1.54, 1.807) is 0 Å². The smallest absolute Gasteiger partial charge is 0.0952 e. The first-order valence-corrected chi connectivity index (χ1v) is 8.22. The fourth-order valence-electron chi connectivity index (χ4n) is 4.02. The van der Waals surface area contributed by atoms with Crippen molar-refractivity contribution in [1.29, 1.82) is 0 Å². The van der Waals surface area contributed by atoms with E-state index < -0.39 is 0 Å². The number of nitrogens with one attached hydrogen (secondary N) is 1. The Hall–Kier alpha value is -0.860. The molecule has 2 aliphatic rings. The standard InChI is InChI=1S/C18H27NO/c1-3-14-8-9-17(13(14)2)19-12-18-16-7-5-4-6-15(16)10-11-20-18/h4-7,13-14,17-19H,3,8-12H2,1-2H3. The minimum Gasteiger partial charge on any atom is -0.372 e. The van der Waals surface area contributed by atoms with Crippen LogP contribution in [0.25, 0.3) is 0 Å². The van der Waals surface area contributed by atoms with Crippen LogP contribution in [-0.4, -0.2) is 19.2 Å². The Morgan fingerprint density at radius 3 is 2.90 bits per heavy atom. The monoisotopic (exact) mass is 273 g/mol. The second-order valence-electron chi connectivity index (χ2n) is 6.43. The third-order valence-electron chi connectivity index (χ3n) is 5.41. The Labute approximate surface area is 122 Å². The van der Waals surface area contributed by atoms with Gasteiger partial charge in [0, 0.05) is 12.6 Å². The molecule has 1 saturated carbocycles. The lowest BCUT2D eigenvalue weighted by Gasteiger charge is -2.29. The fourth-order valence-corrected chi connectivity index (χ4v) is 4.02. The molecule has 1 aromatic rings. The van der Waals surface area contributed by atoms with Crippen molar-refractivity contribution in [3.8, 4) is 0 Å². The Kier molecular flexibility index (Phi) is 4.42. The zero-order valence-electron chi connectivity index (χ0n) is 12.8. The number of benzene rings is 1. The van der Waals surface area contributed by atoms with E-state index in [4.69, 9.17) is 4.74 Å². The zero-order valence-corrected chi connectivity index (χ0v) is 12.8. The highest BCUT2D eigenvalue weighted by atomic mass is 16.5. The molecule has 2 nitrogen and oxygen atoms in total. The molecule has 0 amide bonds. The normalized spacial score (nSPS) is 33.1. The van der Waals surface area contributed by atoms with Crippen molar-refractivity contribution in [2.75, 3.05) is 13.2 Å². The summed E-state index contributed by atoms with van der Waals surface area (Å²) in [6, 6.07) is 9.42. The lowest BCUT2D eigenvalue weighted by atomic mass is 9.93. The van der Waals surface area contributed by atoms with E-state index in [9.17, 15) is 0 Å². The van der Waals surface area contributed by atoms with Crippen molar-refractivity contribution in [3.63, 3.8) is 0 Å². The van der Waals surface area contributed by atoms with Crippen molar-refractivity contribution in [2.45, 2.75) is 51.7 Å². The van der Waals surface area contributed by atoms with E-state index in [0.717, 1.165) is 31.4 Å². The lowest BCUT2D eigenvalue weighted by molar-refractivity contribution is 0.0396. The zero-order chi connectivity index (χ0) is 13.9. The van der Waals surface area contributed by atoms with Crippen molar-refractivity contribution < 1.29 is 4.74 Å². The summed E-state index contributed by atoms with van der Waals surface area (Å²) in [7, 11) is 0. The average Bonchev–Trinajstić information content (AvgIpc) is 2.85. The van der Waals surface area contributed by atoms with E-state index in [2.05, 4.69) is 43.4 Å². The van der Waals surface area contributed by atoms with Gasteiger partial charge in [0.05, 0.1) is 12.7 Å². The topological polar surface area (TPSA) is 21.3 Å². The summed E-state index contributed by atoms with van der Waals surface area (Å²) in [6.45, 7) is 6.56. The van der Waals surface area contributed by atoms with Crippen molar-refractivity contribution in [3.05, 3.63) is 35.4 Å². The fraction of sp³-hybridized carbons (Fsp3) is 0.667. The molecule has 1 aliphatic heterocycles. The third kappa shape index (κ3) is 2.77. The van der Waals surface area contributed by atoms with Gasteiger partial charge in [-0.25, -0.2) is 0 Å². The molecule has 1 N–H and O–H groups in total. The second kappa shape index (κ2) is 6.28. The summed E-state index contributed by atoms with van der Waals surface area (Å²) in [6.07, 6.45) is 5.34. The molecular formula is C18H27NO. The predicted molar refractivity (Wildman–Crippen MR) is 82.8 cm³/mol. The Morgan fingerprint density at radius 2 is 2.10 bits per heavy atom. The number of ether oxygens (including phenoxy) is 1. The number of rotatable bonds is 4. The van der Waals surface area contributed by atoms with Gasteiger partial charge in [0.2, 0.25) is 0 Å². The third-order valence-corrected chi connectivity index (χ3v) is 5.41. The molecule has 4 atom stereocenters. The Balaban J connectivity index is 1.60. The van der Waals surface area contributed by atoms with Gasteiger partial charge in [0.1, 0.15) is 0 Å². The SMILES string of the molecule is CCC1CCC(NCC2OCCc3ccccc32)C1C. The van der Waals surface area contributed by atoms with Gasteiger partial charge < -0.3 is 10.1 Å². The van der Waals surface area contributed by atoms with Gasteiger partial charge in [-0.3, -0.25) is 0 Å². The number of hydrogen-bond donors (Lipinski definition) is 1. The van der Waals surface area contributed by atoms with E-state index in [-0.39, 0.29) is 6.10 Å². The molecule has 1 heterocycles. The Morgan fingerprint density at radius 1 is 1.25 bits per heavy atom. The summed E-state index contributed by atoms with van der Waals surface area (Å²) in [5, 5.41) is 3.78. The summed E-state index contributed by atoms with van der Waals surface area (Å²) >= 11 is 0. The van der Waals surface area contributed by atoms with Crippen LogP contribution in [0.3, 0.4) is 0 Å². The minimum absolute atomic E-state index is 0.243. The molecule has 110 valence electrons. The quantitative estimate of drug-likeness (QED) is 0.903. The van der Waals surface area contributed by atoms with Crippen LogP contribution in [0.15, 0.2) is 24.3 Å². The van der Waals surface area contributed by atoms with Gasteiger partial charge in [0.15, 0.2) is 0 Å².